The summed E-state index contributed by atoms with van der Waals surface area (Å²) < 4.78 is 40.0. The van der Waals surface area contributed by atoms with Crippen molar-refractivity contribution in [2.24, 2.45) is 0 Å². The molecule has 1 N–H and O–H groups in total. The summed E-state index contributed by atoms with van der Waals surface area (Å²) in [4.78, 5) is 28.5. The van der Waals surface area contributed by atoms with Gasteiger partial charge >= 0.3 is 0 Å². The molecule has 1 fully saturated rings. The Morgan fingerprint density at radius 2 is 1.57 bits per heavy atom. The van der Waals surface area contributed by atoms with Crippen LogP contribution in [0.4, 0.5) is 10.1 Å². The number of carbonyl (C=O) groups is 2. The van der Waals surface area contributed by atoms with Crippen LogP contribution in [0.2, 0.25) is 0 Å². The minimum absolute atomic E-state index is 0.0576. The maximum Gasteiger partial charge on any atom is 0.244 e. The number of aryl methyl sites for hydroxylation is 1. The van der Waals surface area contributed by atoms with Gasteiger partial charge in [0.1, 0.15) is 18.4 Å². The number of benzene rings is 2. The predicted octanol–water partition coefficient (Wildman–Crippen LogP) is 4.41. The maximum absolute atomic E-state index is 13.7. The molecule has 0 spiro atoms. The molecule has 0 radical (unpaired) electrons. The van der Waals surface area contributed by atoms with Crippen molar-refractivity contribution in [2.75, 3.05) is 17.1 Å². The summed E-state index contributed by atoms with van der Waals surface area (Å²) in [5, 5.41) is 3.10. The van der Waals surface area contributed by atoms with Crippen LogP contribution >= 0.6 is 0 Å². The Balaban J connectivity index is 1.89. The van der Waals surface area contributed by atoms with Gasteiger partial charge in [0.05, 0.1) is 11.9 Å². The molecule has 0 saturated heterocycles. The highest BCUT2D eigenvalue weighted by Gasteiger charge is 2.32. The average molecular weight is 532 g/mol. The fourth-order valence-electron chi connectivity index (χ4n) is 4.76. The van der Waals surface area contributed by atoms with E-state index < -0.39 is 34.3 Å². The second-order valence-electron chi connectivity index (χ2n) is 9.71. The first kappa shape index (κ1) is 28.6. The molecule has 37 heavy (non-hydrogen) atoms. The van der Waals surface area contributed by atoms with E-state index in [0.29, 0.717) is 17.7 Å². The Morgan fingerprint density at radius 3 is 2.11 bits per heavy atom. The molecule has 1 saturated carbocycles. The quantitative estimate of drug-likeness (QED) is 0.465. The molecule has 0 aromatic heterocycles. The third-order valence-corrected chi connectivity index (χ3v) is 8.06. The fraction of sp³-hybridized carbons (Fsp3) is 0.500. The molecule has 2 aromatic carbocycles. The van der Waals surface area contributed by atoms with Gasteiger partial charge in [0.25, 0.3) is 0 Å². The number of nitrogens with zero attached hydrogens (tertiary/aromatic N) is 2. The van der Waals surface area contributed by atoms with Crippen molar-refractivity contribution in [1.29, 1.82) is 0 Å². The van der Waals surface area contributed by atoms with E-state index in [9.17, 15) is 22.4 Å². The normalized spacial score (nSPS) is 15.1. The Hall–Kier alpha value is -2.94. The smallest absolute Gasteiger partial charge is 0.244 e. The lowest BCUT2D eigenvalue weighted by atomic mass is 9.95. The predicted molar refractivity (Wildman–Crippen MR) is 144 cm³/mol. The van der Waals surface area contributed by atoms with E-state index in [2.05, 4.69) is 5.32 Å². The number of halogens is 1. The van der Waals surface area contributed by atoms with Crippen LogP contribution in [0.5, 0.6) is 0 Å². The lowest BCUT2D eigenvalue weighted by Crippen LogP contribution is -2.53. The van der Waals surface area contributed by atoms with Gasteiger partial charge < -0.3 is 10.2 Å². The lowest BCUT2D eigenvalue weighted by Gasteiger charge is -2.34. The third-order valence-electron chi connectivity index (χ3n) is 6.92. The van der Waals surface area contributed by atoms with E-state index in [1.165, 1.54) is 17.0 Å². The first-order valence-electron chi connectivity index (χ1n) is 13.0. The summed E-state index contributed by atoms with van der Waals surface area (Å²) in [7, 11) is -3.78. The van der Waals surface area contributed by atoms with Gasteiger partial charge in [-0.25, -0.2) is 12.8 Å². The monoisotopic (exact) mass is 531 g/mol. The van der Waals surface area contributed by atoms with Gasteiger partial charge in [-0.1, -0.05) is 57.4 Å². The SMILES string of the molecule is CCc1ccc(N(CC(=O)N(Cc2ccc(F)cc2)[C@@H](CC)C(=O)NC2CCCCC2)S(C)(=O)=O)cc1. The Kier molecular flexibility index (Phi) is 10.1. The second kappa shape index (κ2) is 13.0. The van der Waals surface area contributed by atoms with Crippen molar-refractivity contribution in [1.82, 2.24) is 10.2 Å². The summed E-state index contributed by atoms with van der Waals surface area (Å²) in [6, 6.07) is 12.1. The standard InChI is InChI=1S/C28H38FN3O4S/c1-4-21-13-17-25(18-14-21)32(37(3,35)36)20-27(33)31(19-22-11-15-23(29)16-12-22)26(5-2)28(34)30-24-9-7-6-8-10-24/h11-18,24,26H,4-10,19-20H2,1-3H3,(H,30,34)/t26-/m0/s1. The highest BCUT2D eigenvalue weighted by molar-refractivity contribution is 7.92. The van der Waals surface area contributed by atoms with Crippen molar-refractivity contribution >= 4 is 27.5 Å². The van der Waals surface area contributed by atoms with Crippen molar-refractivity contribution in [3.8, 4) is 0 Å². The Labute approximate surface area is 220 Å². The van der Waals surface area contributed by atoms with Crippen LogP contribution in [0.15, 0.2) is 48.5 Å². The van der Waals surface area contributed by atoms with E-state index in [-0.39, 0.29) is 18.5 Å². The number of hydrogen-bond donors (Lipinski definition) is 1. The zero-order valence-electron chi connectivity index (χ0n) is 22.0. The molecule has 1 aliphatic rings. The number of hydrogen-bond acceptors (Lipinski definition) is 4. The highest BCUT2D eigenvalue weighted by Crippen LogP contribution is 2.22. The molecule has 1 atom stereocenters. The van der Waals surface area contributed by atoms with E-state index in [0.717, 1.165) is 54.6 Å². The molecular formula is C28H38FN3O4S. The van der Waals surface area contributed by atoms with Gasteiger partial charge in [-0.15, -0.1) is 0 Å². The summed E-state index contributed by atoms with van der Waals surface area (Å²) in [5.41, 5.74) is 2.08. The summed E-state index contributed by atoms with van der Waals surface area (Å²) >= 11 is 0. The van der Waals surface area contributed by atoms with E-state index in [1.807, 2.05) is 26.0 Å². The molecule has 202 valence electrons. The van der Waals surface area contributed by atoms with Crippen molar-refractivity contribution in [2.45, 2.75) is 77.4 Å². The molecule has 0 bridgehead atoms. The van der Waals surface area contributed by atoms with E-state index in [1.54, 1.807) is 24.3 Å². The van der Waals surface area contributed by atoms with Gasteiger partial charge in [-0.3, -0.25) is 13.9 Å². The van der Waals surface area contributed by atoms with Gasteiger partial charge in [0, 0.05) is 12.6 Å². The van der Waals surface area contributed by atoms with Crippen molar-refractivity contribution in [3.63, 3.8) is 0 Å². The zero-order valence-corrected chi connectivity index (χ0v) is 22.8. The largest absolute Gasteiger partial charge is 0.352 e. The molecule has 0 aliphatic heterocycles. The molecule has 7 nitrogen and oxygen atoms in total. The number of rotatable bonds is 11. The Morgan fingerprint density at radius 1 is 0.973 bits per heavy atom. The molecule has 1 aliphatic carbocycles. The molecule has 2 amide bonds. The van der Waals surface area contributed by atoms with Crippen LogP contribution in [-0.2, 0) is 32.6 Å². The minimum atomic E-state index is -3.78. The maximum atomic E-state index is 13.7. The number of amides is 2. The highest BCUT2D eigenvalue weighted by atomic mass is 32.2. The second-order valence-corrected chi connectivity index (χ2v) is 11.6. The first-order valence-corrected chi connectivity index (χ1v) is 14.9. The van der Waals surface area contributed by atoms with Crippen LogP contribution in [0.3, 0.4) is 0 Å². The van der Waals surface area contributed by atoms with Crippen LogP contribution in [0, 0.1) is 5.82 Å². The lowest BCUT2D eigenvalue weighted by molar-refractivity contribution is -0.140. The van der Waals surface area contributed by atoms with E-state index in [4.69, 9.17) is 0 Å². The molecule has 0 heterocycles. The number of nitrogens with one attached hydrogen (secondary N) is 1. The molecule has 9 heteroatoms. The van der Waals surface area contributed by atoms with E-state index >= 15 is 0 Å². The summed E-state index contributed by atoms with van der Waals surface area (Å²) in [5.74, 6) is -1.15. The molecule has 2 aromatic rings. The topological polar surface area (TPSA) is 86.8 Å². The van der Waals surface area contributed by atoms with Gasteiger partial charge in [-0.05, 0) is 61.1 Å². The van der Waals surface area contributed by atoms with Gasteiger partial charge in [0.2, 0.25) is 21.8 Å². The van der Waals surface area contributed by atoms with Crippen LogP contribution in [-0.4, -0.2) is 50.0 Å². The van der Waals surface area contributed by atoms with Crippen LogP contribution in [0.25, 0.3) is 0 Å². The zero-order chi connectivity index (χ0) is 27.0. The number of sulfonamides is 1. The van der Waals surface area contributed by atoms with Crippen LogP contribution in [0.1, 0.15) is 63.5 Å². The minimum Gasteiger partial charge on any atom is -0.352 e. The Bertz CT molecular complexity index is 1150. The fourth-order valence-corrected chi connectivity index (χ4v) is 5.61. The number of anilines is 1. The molecular weight excluding hydrogens is 493 g/mol. The van der Waals surface area contributed by atoms with Crippen molar-refractivity contribution in [3.05, 3.63) is 65.5 Å². The van der Waals surface area contributed by atoms with Crippen LogP contribution < -0.4 is 9.62 Å². The van der Waals surface area contributed by atoms with Gasteiger partial charge in [-0.2, -0.15) is 0 Å². The number of carbonyl (C=O) groups excluding carboxylic acids is 2. The molecule has 3 rings (SSSR count). The van der Waals surface area contributed by atoms with Gasteiger partial charge in [0.15, 0.2) is 0 Å². The average Bonchev–Trinajstić information content (AvgIpc) is 2.88. The summed E-state index contributed by atoms with van der Waals surface area (Å²) in [6.45, 7) is 3.44. The molecule has 0 unspecified atom stereocenters. The summed E-state index contributed by atoms with van der Waals surface area (Å²) in [6.07, 6.45) is 7.30. The first-order chi connectivity index (χ1) is 17.6. The third kappa shape index (κ3) is 8.02. The van der Waals surface area contributed by atoms with Crippen molar-refractivity contribution < 1.29 is 22.4 Å².